The Balaban J connectivity index is 1.81. The summed E-state index contributed by atoms with van der Waals surface area (Å²) in [6.45, 7) is 8.20. The van der Waals surface area contributed by atoms with Crippen LogP contribution in [0.25, 0.3) is 5.00 Å². The third-order valence-corrected chi connectivity index (χ3v) is 5.87. The maximum atomic E-state index is 12.6. The van der Waals surface area contributed by atoms with Gasteiger partial charge in [0.05, 0.1) is 18.8 Å². The number of thiophene rings is 1. The number of hydrogen-bond acceptors (Lipinski definition) is 3. The lowest BCUT2D eigenvalue weighted by Gasteiger charge is -2.18. The molecule has 6 heteroatoms. The van der Waals surface area contributed by atoms with Crippen molar-refractivity contribution >= 4 is 23.1 Å². The van der Waals surface area contributed by atoms with E-state index in [4.69, 9.17) is 4.74 Å². The van der Waals surface area contributed by atoms with Crippen LogP contribution in [0.1, 0.15) is 34.5 Å². The SMILES string of the molecule is COc1ccc(C)cc1NC(=O)NC(C)c1c(-n2cccc2)sc(C)c1C. The van der Waals surface area contributed by atoms with Gasteiger partial charge in [0.15, 0.2) is 0 Å². The van der Waals surface area contributed by atoms with Crippen LogP contribution in [-0.2, 0) is 0 Å². The van der Waals surface area contributed by atoms with E-state index in [9.17, 15) is 4.79 Å². The number of nitrogens with one attached hydrogen (secondary N) is 2. The monoisotopic (exact) mass is 383 g/mol. The van der Waals surface area contributed by atoms with Gasteiger partial charge in [0.2, 0.25) is 0 Å². The van der Waals surface area contributed by atoms with E-state index in [2.05, 4.69) is 29.0 Å². The highest BCUT2D eigenvalue weighted by Gasteiger charge is 2.21. The first-order valence-electron chi connectivity index (χ1n) is 8.86. The van der Waals surface area contributed by atoms with Crippen LogP contribution in [0.2, 0.25) is 0 Å². The minimum Gasteiger partial charge on any atom is -0.495 e. The van der Waals surface area contributed by atoms with Crippen LogP contribution in [0, 0.1) is 20.8 Å². The van der Waals surface area contributed by atoms with Gasteiger partial charge < -0.3 is 19.9 Å². The lowest BCUT2D eigenvalue weighted by molar-refractivity contribution is 0.249. The number of aryl methyl sites for hydroxylation is 2. The van der Waals surface area contributed by atoms with Crippen LogP contribution in [0.5, 0.6) is 5.75 Å². The fraction of sp³-hybridized carbons (Fsp3) is 0.286. The molecule has 0 aliphatic carbocycles. The molecule has 1 aromatic carbocycles. The number of rotatable bonds is 5. The van der Waals surface area contributed by atoms with Crippen molar-refractivity contribution in [2.45, 2.75) is 33.7 Å². The van der Waals surface area contributed by atoms with Gasteiger partial charge >= 0.3 is 6.03 Å². The van der Waals surface area contributed by atoms with E-state index in [-0.39, 0.29) is 12.1 Å². The minimum atomic E-state index is -0.256. The number of ether oxygens (including phenoxy) is 1. The van der Waals surface area contributed by atoms with Gasteiger partial charge in [-0.1, -0.05) is 6.07 Å². The normalized spacial score (nSPS) is 11.9. The molecule has 2 amide bonds. The summed E-state index contributed by atoms with van der Waals surface area (Å²) < 4.78 is 7.43. The number of carbonyl (C=O) groups excluding carboxylic acids is 1. The number of benzene rings is 1. The quantitative estimate of drug-likeness (QED) is 0.623. The van der Waals surface area contributed by atoms with E-state index in [1.54, 1.807) is 18.4 Å². The predicted molar refractivity (Wildman–Crippen MR) is 111 cm³/mol. The fourth-order valence-electron chi connectivity index (χ4n) is 3.14. The molecule has 0 spiro atoms. The molecule has 0 aliphatic heterocycles. The lowest BCUT2D eigenvalue weighted by Crippen LogP contribution is -2.31. The van der Waals surface area contributed by atoms with Gasteiger partial charge in [0.25, 0.3) is 0 Å². The fourth-order valence-corrected chi connectivity index (χ4v) is 4.36. The second-order valence-corrected chi connectivity index (χ2v) is 7.82. The summed E-state index contributed by atoms with van der Waals surface area (Å²) in [6, 6.07) is 9.31. The van der Waals surface area contributed by atoms with Crippen molar-refractivity contribution in [3.8, 4) is 10.8 Å². The molecular formula is C21H25N3O2S. The molecule has 2 aromatic heterocycles. The zero-order valence-corrected chi connectivity index (χ0v) is 17.1. The maximum absolute atomic E-state index is 12.6. The van der Waals surface area contributed by atoms with E-state index in [1.165, 1.54) is 10.4 Å². The van der Waals surface area contributed by atoms with Crippen LogP contribution in [0.3, 0.4) is 0 Å². The standard InChI is InChI=1S/C21H25N3O2S/c1-13-8-9-18(26-5)17(12-13)23-21(25)22-15(3)19-14(2)16(4)27-20(19)24-10-6-7-11-24/h6-12,15H,1-5H3,(H2,22,23,25). The van der Waals surface area contributed by atoms with E-state index in [0.29, 0.717) is 11.4 Å². The van der Waals surface area contributed by atoms with Gasteiger partial charge in [0.1, 0.15) is 10.8 Å². The van der Waals surface area contributed by atoms with Crippen molar-refractivity contribution in [3.63, 3.8) is 0 Å². The summed E-state index contributed by atoms with van der Waals surface area (Å²) >= 11 is 1.74. The Morgan fingerprint density at radius 3 is 2.56 bits per heavy atom. The molecule has 0 fully saturated rings. The number of aromatic nitrogens is 1. The summed E-state index contributed by atoms with van der Waals surface area (Å²) in [5, 5.41) is 7.10. The van der Waals surface area contributed by atoms with Crippen molar-refractivity contribution in [3.05, 3.63) is 64.3 Å². The first-order valence-corrected chi connectivity index (χ1v) is 9.67. The van der Waals surface area contributed by atoms with Crippen LogP contribution < -0.4 is 15.4 Å². The topological polar surface area (TPSA) is 55.3 Å². The smallest absolute Gasteiger partial charge is 0.319 e. The molecule has 0 aliphatic rings. The van der Waals surface area contributed by atoms with Crippen LogP contribution in [0.4, 0.5) is 10.5 Å². The Kier molecular flexibility index (Phi) is 5.56. The van der Waals surface area contributed by atoms with E-state index in [0.717, 1.165) is 16.1 Å². The molecule has 0 saturated heterocycles. The average Bonchev–Trinajstić information content (AvgIpc) is 3.24. The summed E-state index contributed by atoms with van der Waals surface area (Å²) in [5.74, 6) is 0.638. The zero-order chi connectivity index (χ0) is 19.6. The van der Waals surface area contributed by atoms with E-state index in [1.807, 2.05) is 56.6 Å². The van der Waals surface area contributed by atoms with Gasteiger partial charge in [-0.15, -0.1) is 11.3 Å². The molecule has 5 nitrogen and oxygen atoms in total. The van der Waals surface area contributed by atoms with Crippen molar-refractivity contribution in [2.75, 3.05) is 12.4 Å². The molecule has 0 saturated carbocycles. The van der Waals surface area contributed by atoms with Gasteiger partial charge in [-0.3, -0.25) is 0 Å². The first-order chi connectivity index (χ1) is 12.9. The zero-order valence-electron chi connectivity index (χ0n) is 16.3. The van der Waals surface area contributed by atoms with Crippen LogP contribution >= 0.6 is 11.3 Å². The average molecular weight is 384 g/mol. The highest BCUT2D eigenvalue weighted by atomic mass is 32.1. The molecule has 1 atom stereocenters. The van der Waals surface area contributed by atoms with E-state index < -0.39 is 0 Å². The molecule has 3 rings (SSSR count). The molecule has 0 bridgehead atoms. The second kappa shape index (κ2) is 7.88. The number of anilines is 1. The van der Waals surface area contributed by atoms with Crippen molar-refractivity contribution in [1.82, 2.24) is 9.88 Å². The maximum Gasteiger partial charge on any atom is 0.319 e. The van der Waals surface area contributed by atoms with Gasteiger partial charge in [0, 0.05) is 22.8 Å². The Labute approximate surface area is 164 Å². The number of hydrogen-bond donors (Lipinski definition) is 2. The lowest BCUT2D eigenvalue weighted by atomic mass is 10.1. The minimum absolute atomic E-state index is 0.136. The largest absolute Gasteiger partial charge is 0.495 e. The molecule has 2 heterocycles. The van der Waals surface area contributed by atoms with Crippen LogP contribution in [-0.4, -0.2) is 17.7 Å². The molecule has 3 aromatic rings. The van der Waals surface area contributed by atoms with Crippen molar-refractivity contribution in [1.29, 1.82) is 0 Å². The molecule has 0 radical (unpaired) electrons. The first kappa shape index (κ1) is 19.0. The Morgan fingerprint density at radius 1 is 1.19 bits per heavy atom. The molecule has 142 valence electrons. The Hall–Kier alpha value is -2.73. The molecule has 1 unspecified atom stereocenters. The summed E-state index contributed by atoms with van der Waals surface area (Å²) in [7, 11) is 1.59. The number of methoxy groups -OCH3 is 1. The Morgan fingerprint density at radius 2 is 1.89 bits per heavy atom. The van der Waals surface area contributed by atoms with Crippen molar-refractivity contribution in [2.24, 2.45) is 0 Å². The summed E-state index contributed by atoms with van der Waals surface area (Å²) in [4.78, 5) is 13.9. The van der Waals surface area contributed by atoms with Gasteiger partial charge in [-0.05, 0) is 63.1 Å². The number of urea groups is 1. The highest BCUT2D eigenvalue weighted by molar-refractivity contribution is 7.14. The molecule has 2 N–H and O–H groups in total. The molecule has 27 heavy (non-hydrogen) atoms. The summed E-state index contributed by atoms with van der Waals surface area (Å²) in [6.07, 6.45) is 4.05. The van der Waals surface area contributed by atoms with E-state index >= 15 is 0 Å². The second-order valence-electron chi connectivity index (χ2n) is 6.62. The third kappa shape index (κ3) is 4.01. The summed E-state index contributed by atoms with van der Waals surface area (Å²) in [5.41, 5.74) is 4.06. The Bertz CT molecular complexity index is 945. The van der Waals surface area contributed by atoms with Crippen LogP contribution in [0.15, 0.2) is 42.7 Å². The van der Waals surface area contributed by atoms with Gasteiger partial charge in [-0.25, -0.2) is 4.79 Å². The third-order valence-electron chi connectivity index (χ3n) is 4.64. The molecular weight excluding hydrogens is 358 g/mol. The van der Waals surface area contributed by atoms with Gasteiger partial charge in [-0.2, -0.15) is 0 Å². The number of nitrogens with zero attached hydrogens (tertiary/aromatic N) is 1. The highest BCUT2D eigenvalue weighted by Crippen LogP contribution is 2.35. The number of carbonyl (C=O) groups is 1. The van der Waals surface area contributed by atoms with Crippen molar-refractivity contribution < 1.29 is 9.53 Å². The predicted octanol–water partition coefficient (Wildman–Crippen LogP) is 5.36. The number of amides is 2.